The first-order chi connectivity index (χ1) is 9.83. The van der Waals surface area contributed by atoms with Crippen molar-refractivity contribution in [3.05, 3.63) is 66.9 Å². The summed E-state index contributed by atoms with van der Waals surface area (Å²) in [7, 11) is 0. The van der Waals surface area contributed by atoms with E-state index >= 15 is 0 Å². The highest BCUT2D eigenvalue weighted by molar-refractivity contribution is 5.57. The van der Waals surface area contributed by atoms with Gasteiger partial charge in [0, 0.05) is 30.2 Å². The van der Waals surface area contributed by atoms with Gasteiger partial charge in [-0.25, -0.2) is 4.98 Å². The van der Waals surface area contributed by atoms with Crippen LogP contribution in [0, 0.1) is 0 Å². The highest BCUT2D eigenvalue weighted by Crippen LogP contribution is 2.18. The second-order valence-corrected chi connectivity index (χ2v) is 4.70. The number of hydrogen-bond donors (Lipinski definition) is 1. The third-order valence-corrected chi connectivity index (χ3v) is 3.31. The molecule has 2 heterocycles. The molecule has 0 saturated heterocycles. The molecule has 0 fully saturated rings. The molecule has 0 radical (unpaired) electrons. The van der Waals surface area contributed by atoms with Crippen molar-refractivity contribution in [2.45, 2.75) is 13.0 Å². The molecule has 1 aromatic carbocycles. The molecular weight excluding hydrogens is 248 g/mol. The van der Waals surface area contributed by atoms with E-state index < -0.39 is 0 Å². The lowest BCUT2D eigenvalue weighted by atomic mass is 10.1. The fourth-order valence-electron chi connectivity index (χ4n) is 2.20. The number of imidazole rings is 1. The predicted octanol–water partition coefficient (Wildman–Crippen LogP) is 2.77. The minimum Gasteiger partial charge on any atom is -0.399 e. The van der Waals surface area contributed by atoms with Crippen LogP contribution in [-0.2, 0) is 13.0 Å². The number of aromatic nitrogens is 3. The summed E-state index contributed by atoms with van der Waals surface area (Å²) in [6.07, 6.45) is 8.30. The number of nitrogens with zero attached hydrogens (tertiary/aromatic N) is 3. The molecule has 0 aliphatic carbocycles. The summed E-state index contributed by atoms with van der Waals surface area (Å²) < 4.78 is 2.16. The Hall–Kier alpha value is -2.62. The lowest BCUT2D eigenvalue weighted by molar-refractivity contribution is 0.702. The number of hydrogen-bond acceptors (Lipinski definition) is 3. The van der Waals surface area contributed by atoms with Gasteiger partial charge in [0.05, 0.1) is 18.2 Å². The summed E-state index contributed by atoms with van der Waals surface area (Å²) in [5.74, 6) is 0. The van der Waals surface area contributed by atoms with Crippen LogP contribution in [0.3, 0.4) is 0 Å². The molecule has 0 spiro atoms. The number of anilines is 1. The lowest BCUT2D eigenvalue weighted by Crippen LogP contribution is -2.02. The molecule has 2 N–H and O–H groups in total. The van der Waals surface area contributed by atoms with Gasteiger partial charge in [-0.1, -0.05) is 12.1 Å². The number of benzene rings is 1. The molecule has 100 valence electrons. The van der Waals surface area contributed by atoms with Gasteiger partial charge in [-0.2, -0.15) is 0 Å². The maximum Gasteiger partial charge on any atom is 0.0951 e. The molecule has 4 heteroatoms. The molecule has 0 aliphatic rings. The van der Waals surface area contributed by atoms with Crippen LogP contribution in [0.4, 0.5) is 5.69 Å². The van der Waals surface area contributed by atoms with E-state index in [1.165, 1.54) is 5.56 Å². The van der Waals surface area contributed by atoms with Crippen LogP contribution in [0.2, 0.25) is 0 Å². The maximum atomic E-state index is 5.70. The average Bonchev–Trinajstić information content (AvgIpc) is 2.96. The van der Waals surface area contributed by atoms with Crippen LogP contribution < -0.4 is 5.73 Å². The summed E-state index contributed by atoms with van der Waals surface area (Å²) in [6.45, 7) is 0.890. The molecule has 2 aromatic heterocycles. The first-order valence-corrected chi connectivity index (χ1v) is 6.58. The molecule has 0 bridgehead atoms. The zero-order valence-corrected chi connectivity index (χ0v) is 11.1. The van der Waals surface area contributed by atoms with Crippen molar-refractivity contribution in [1.82, 2.24) is 14.5 Å². The number of aryl methyl sites for hydroxylation is 2. The van der Waals surface area contributed by atoms with E-state index in [1.54, 1.807) is 12.4 Å². The van der Waals surface area contributed by atoms with Gasteiger partial charge in [-0.15, -0.1) is 0 Å². The monoisotopic (exact) mass is 264 g/mol. The fourth-order valence-corrected chi connectivity index (χ4v) is 2.20. The van der Waals surface area contributed by atoms with Crippen molar-refractivity contribution in [2.24, 2.45) is 0 Å². The van der Waals surface area contributed by atoms with Crippen LogP contribution in [0.1, 0.15) is 5.56 Å². The first kappa shape index (κ1) is 12.4. The maximum absolute atomic E-state index is 5.70. The van der Waals surface area contributed by atoms with Gasteiger partial charge in [-0.3, -0.25) is 4.98 Å². The van der Waals surface area contributed by atoms with Gasteiger partial charge >= 0.3 is 0 Å². The molecule has 0 aliphatic heterocycles. The fraction of sp³-hybridized carbons (Fsp3) is 0.125. The summed E-state index contributed by atoms with van der Waals surface area (Å²) in [4.78, 5) is 8.29. The topological polar surface area (TPSA) is 56.7 Å². The molecule has 0 saturated carbocycles. The number of nitrogens with two attached hydrogens (primary N) is 1. The van der Waals surface area contributed by atoms with Gasteiger partial charge in [0.1, 0.15) is 0 Å². The summed E-state index contributed by atoms with van der Waals surface area (Å²) in [5, 5.41) is 0. The SMILES string of the molecule is Nc1ccc(CCn2cncc2-c2ccncc2)cc1. The lowest BCUT2D eigenvalue weighted by Gasteiger charge is -2.08. The minimum atomic E-state index is 0.800. The van der Waals surface area contributed by atoms with Crippen LogP contribution in [0.25, 0.3) is 11.3 Å². The second kappa shape index (κ2) is 5.57. The molecule has 3 aromatic rings. The van der Waals surface area contributed by atoms with Gasteiger partial charge < -0.3 is 10.3 Å². The minimum absolute atomic E-state index is 0.800. The Bertz CT molecular complexity index is 671. The standard InChI is InChI=1S/C16H16N4/c17-15-3-1-13(2-4-15)7-10-20-12-19-11-16(20)14-5-8-18-9-6-14/h1-6,8-9,11-12H,7,10,17H2. The van der Waals surface area contributed by atoms with Crippen LogP contribution in [0.15, 0.2) is 61.3 Å². The van der Waals surface area contributed by atoms with Crippen molar-refractivity contribution in [3.8, 4) is 11.3 Å². The largest absolute Gasteiger partial charge is 0.399 e. The van der Waals surface area contributed by atoms with Crippen molar-refractivity contribution < 1.29 is 0 Å². The molecule has 4 nitrogen and oxygen atoms in total. The van der Waals surface area contributed by atoms with Crippen LogP contribution in [0.5, 0.6) is 0 Å². The number of nitrogen functional groups attached to an aromatic ring is 1. The second-order valence-electron chi connectivity index (χ2n) is 4.70. The number of pyridine rings is 1. The Morgan fingerprint density at radius 3 is 2.45 bits per heavy atom. The summed E-state index contributed by atoms with van der Waals surface area (Å²) in [5.41, 5.74) is 10.0. The van der Waals surface area contributed by atoms with E-state index in [1.807, 2.05) is 36.8 Å². The zero-order valence-electron chi connectivity index (χ0n) is 11.1. The Labute approximate surface area is 117 Å². The number of rotatable bonds is 4. The van der Waals surface area contributed by atoms with Crippen molar-refractivity contribution in [1.29, 1.82) is 0 Å². The highest BCUT2D eigenvalue weighted by atomic mass is 15.0. The van der Waals surface area contributed by atoms with E-state index in [9.17, 15) is 0 Å². The zero-order chi connectivity index (χ0) is 13.8. The van der Waals surface area contributed by atoms with E-state index in [0.717, 1.165) is 29.9 Å². The Morgan fingerprint density at radius 1 is 0.950 bits per heavy atom. The predicted molar refractivity (Wildman–Crippen MR) is 80.0 cm³/mol. The molecular formula is C16H16N4. The normalized spacial score (nSPS) is 10.6. The van der Waals surface area contributed by atoms with E-state index in [-0.39, 0.29) is 0 Å². The van der Waals surface area contributed by atoms with Gasteiger partial charge in [-0.05, 0) is 36.2 Å². The van der Waals surface area contributed by atoms with Crippen molar-refractivity contribution in [3.63, 3.8) is 0 Å². The Kier molecular flexibility index (Phi) is 3.46. The third-order valence-electron chi connectivity index (χ3n) is 3.31. The van der Waals surface area contributed by atoms with Gasteiger partial charge in [0.25, 0.3) is 0 Å². The smallest absolute Gasteiger partial charge is 0.0951 e. The Balaban J connectivity index is 1.76. The molecule has 0 unspecified atom stereocenters. The van der Waals surface area contributed by atoms with E-state index in [0.29, 0.717) is 0 Å². The molecule has 0 amide bonds. The van der Waals surface area contributed by atoms with Crippen molar-refractivity contribution >= 4 is 5.69 Å². The van der Waals surface area contributed by atoms with Crippen molar-refractivity contribution in [2.75, 3.05) is 5.73 Å². The summed E-state index contributed by atoms with van der Waals surface area (Å²) >= 11 is 0. The van der Waals surface area contributed by atoms with Gasteiger partial charge in [0.15, 0.2) is 0 Å². The van der Waals surface area contributed by atoms with E-state index in [2.05, 4.69) is 26.7 Å². The first-order valence-electron chi connectivity index (χ1n) is 6.58. The highest BCUT2D eigenvalue weighted by Gasteiger charge is 2.04. The van der Waals surface area contributed by atoms with Crippen LogP contribution in [-0.4, -0.2) is 14.5 Å². The summed E-state index contributed by atoms with van der Waals surface area (Å²) in [6, 6.07) is 12.0. The molecule has 20 heavy (non-hydrogen) atoms. The van der Waals surface area contributed by atoms with Crippen LogP contribution >= 0.6 is 0 Å². The van der Waals surface area contributed by atoms with Gasteiger partial charge in [0.2, 0.25) is 0 Å². The quantitative estimate of drug-likeness (QED) is 0.737. The Morgan fingerprint density at radius 2 is 1.70 bits per heavy atom. The average molecular weight is 264 g/mol. The molecule has 3 rings (SSSR count). The third kappa shape index (κ3) is 2.69. The van der Waals surface area contributed by atoms with E-state index in [4.69, 9.17) is 5.73 Å². The molecule has 0 atom stereocenters.